The van der Waals surface area contributed by atoms with Gasteiger partial charge in [-0.15, -0.1) is 0 Å². The van der Waals surface area contributed by atoms with E-state index in [0.29, 0.717) is 23.0 Å². The van der Waals surface area contributed by atoms with Crippen LogP contribution in [0.1, 0.15) is 26.8 Å². The molecule has 1 aliphatic heterocycles. The number of nitrogens with one attached hydrogen (secondary N) is 2. The summed E-state index contributed by atoms with van der Waals surface area (Å²) in [6.07, 6.45) is 1.49. The van der Waals surface area contributed by atoms with Gasteiger partial charge in [0.2, 0.25) is 5.95 Å². The third-order valence-electron chi connectivity index (χ3n) is 4.07. The molecule has 1 aromatic carbocycles. The average Bonchev–Trinajstić information content (AvgIpc) is 3.01. The molecule has 0 bridgehead atoms. The van der Waals surface area contributed by atoms with Crippen LogP contribution in [0.5, 0.6) is 5.75 Å². The fourth-order valence-corrected chi connectivity index (χ4v) is 2.98. The maximum Gasteiger partial charge on any atom is 0.255 e. The maximum absolute atomic E-state index is 13.0. The van der Waals surface area contributed by atoms with Gasteiger partial charge in [-0.2, -0.15) is 10.1 Å². The molecule has 2 N–H and O–H groups in total. The van der Waals surface area contributed by atoms with Crippen LogP contribution < -0.4 is 15.4 Å². The number of hydrogen-bond donors (Lipinski definition) is 2. The minimum atomic E-state index is -0.182. The summed E-state index contributed by atoms with van der Waals surface area (Å²) in [7, 11) is 1.58. The highest BCUT2D eigenvalue weighted by atomic mass is 16.5. The highest BCUT2D eigenvalue weighted by Crippen LogP contribution is 2.35. The van der Waals surface area contributed by atoms with Crippen molar-refractivity contribution in [2.75, 3.05) is 17.7 Å². The molecule has 1 atom stereocenters. The number of anilines is 2. The van der Waals surface area contributed by atoms with E-state index in [1.54, 1.807) is 11.8 Å². The quantitative estimate of drug-likeness (QED) is 0.902. The number of para-hydroxylation sites is 2. The molecule has 3 rings (SSSR count). The van der Waals surface area contributed by atoms with Crippen molar-refractivity contribution in [3.8, 4) is 5.75 Å². The zero-order valence-corrected chi connectivity index (χ0v) is 14.2. The van der Waals surface area contributed by atoms with Gasteiger partial charge in [0.1, 0.15) is 12.1 Å². The number of nitrogens with zero attached hydrogens (tertiary/aromatic N) is 3. The number of fused-ring (bicyclic) bond motifs is 1. The SMILES string of the molecule is COc1ccccc1NC(=O)C1=C(C)Nc2ncnn2[C@@H]1C(C)C. The number of carbonyl (C=O) groups is 1. The Hall–Kier alpha value is -2.83. The Labute approximate surface area is 140 Å². The number of benzene rings is 1. The first-order valence-corrected chi connectivity index (χ1v) is 7.84. The van der Waals surface area contributed by atoms with Crippen molar-refractivity contribution in [3.63, 3.8) is 0 Å². The van der Waals surface area contributed by atoms with E-state index in [0.717, 1.165) is 5.70 Å². The van der Waals surface area contributed by atoms with E-state index in [9.17, 15) is 4.79 Å². The molecule has 0 fully saturated rings. The second-order valence-corrected chi connectivity index (χ2v) is 6.04. The lowest BCUT2D eigenvalue weighted by atomic mass is 9.92. The lowest BCUT2D eigenvalue weighted by Gasteiger charge is -2.30. The summed E-state index contributed by atoms with van der Waals surface area (Å²) in [5, 5.41) is 10.4. The summed E-state index contributed by atoms with van der Waals surface area (Å²) < 4.78 is 7.06. The van der Waals surface area contributed by atoms with Gasteiger partial charge in [-0.05, 0) is 25.0 Å². The number of hydrogen-bond acceptors (Lipinski definition) is 5. The summed E-state index contributed by atoms with van der Waals surface area (Å²) in [5.74, 6) is 1.28. The molecular formula is C17H21N5O2. The first-order chi connectivity index (χ1) is 11.5. The van der Waals surface area contributed by atoms with Gasteiger partial charge >= 0.3 is 0 Å². The second-order valence-electron chi connectivity index (χ2n) is 6.04. The summed E-state index contributed by atoms with van der Waals surface area (Å²) in [6.45, 7) is 6.00. The first kappa shape index (κ1) is 16.0. The van der Waals surface area contributed by atoms with E-state index in [2.05, 4.69) is 34.6 Å². The molecule has 24 heavy (non-hydrogen) atoms. The van der Waals surface area contributed by atoms with E-state index < -0.39 is 0 Å². The highest BCUT2D eigenvalue weighted by molar-refractivity contribution is 6.06. The molecule has 1 aromatic heterocycles. The minimum absolute atomic E-state index is 0.177. The molecule has 126 valence electrons. The molecule has 7 nitrogen and oxygen atoms in total. The lowest BCUT2D eigenvalue weighted by Crippen LogP contribution is -2.33. The van der Waals surface area contributed by atoms with Crippen molar-refractivity contribution in [1.29, 1.82) is 0 Å². The monoisotopic (exact) mass is 327 g/mol. The Morgan fingerprint density at radius 3 is 2.83 bits per heavy atom. The minimum Gasteiger partial charge on any atom is -0.495 e. The van der Waals surface area contributed by atoms with E-state index in [1.165, 1.54) is 6.33 Å². The van der Waals surface area contributed by atoms with E-state index in [4.69, 9.17) is 4.74 Å². The predicted octanol–water partition coefficient (Wildman–Crippen LogP) is 2.82. The Balaban J connectivity index is 1.95. The number of amides is 1. The molecule has 0 radical (unpaired) electrons. The summed E-state index contributed by atoms with van der Waals surface area (Å²) in [5.41, 5.74) is 2.06. The molecular weight excluding hydrogens is 306 g/mol. The van der Waals surface area contributed by atoms with Gasteiger partial charge in [-0.25, -0.2) is 4.68 Å². The number of rotatable bonds is 4. The Morgan fingerprint density at radius 1 is 1.38 bits per heavy atom. The molecule has 0 saturated carbocycles. The third kappa shape index (κ3) is 2.73. The first-order valence-electron chi connectivity index (χ1n) is 7.84. The van der Waals surface area contributed by atoms with Gasteiger partial charge in [0.25, 0.3) is 5.91 Å². The Bertz CT molecular complexity index is 794. The van der Waals surface area contributed by atoms with Crippen LogP contribution in [0.4, 0.5) is 11.6 Å². The van der Waals surface area contributed by atoms with Crippen molar-refractivity contribution in [2.24, 2.45) is 5.92 Å². The topological polar surface area (TPSA) is 81.1 Å². The van der Waals surface area contributed by atoms with Crippen LogP contribution in [0.15, 0.2) is 41.9 Å². The van der Waals surface area contributed by atoms with E-state index >= 15 is 0 Å². The molecule has 7 heteroatoms. The lowest BCUT2D eigenvalue weighted by molar-refractivity contribution is -0.113. The highest BCUT2D eigenvalue weighted by Gasteiger charge is 2.34. The third-order valence-corrected chi connectivity index (χ3v) is 4.07. The number of allylic oxidation sites excluding steroid dienone is 1. The molecule has 1 aliphatic rings. The van der Waals surface area contributed by atoms with Crippen molar-refractivity contribution < 1.29 is 9.53 Å². The fourth-order valence-electron chi connectivity index (χ4n) is 2.98. The molecule has 2 heterocycles. The molecule has 0 saturated heterocycles. The predicted molar refractivity (Wildman–Crippen MR) is 91.8 cm³/mol. The van der Waals surface area contributed by atoms with E-state index in [1.807, 2.05) is 31.2 Å². The van der Waals surface area contributed by atoms with Gasteiger partial charge in [-0.1, -0.05) is 26.0 Å². The average molecular weight is 327 g/mol. The van der Waals surface area contributed by atoms with Gasteiger partial charge < -0.3 is 15.4 Å². The van der Waals surface area contributed by atoms with Crippen molar-refractivity contribution in [1.82, 2.24) is 14.8 Å². The van der Waals surface area contributed by atoms with Gasteiger partial charge in [0.15, 0.2) is 0 Å². The largest absolute Gasteiger partial charge is 0.495 e. The van der Waals surface area contributed by atoms with Crippen LogP contribution in [0, 0.1) is 5.92 Å². The van der Waals surface area contributed by atoms with Crippen LogP contribution in [-0.2, 0) is 4.79 Å². The van der Waals surface area contributed by atoms with Crippen molar-refractivity contribution in [3.05, 3.63) is 41.9 Å². The molecule has 1 amide bonds. The summed E-state index contributed by atoms with van der Waals surface area (Å²) in [4.78, 5) is 17.2. The zero-order valence-electron chi connectivity index (χ0n) is 14.2. The maximum atomic E-state index is 13.0. The zero-order chi connectivity index (χ0) is 17.3. The van der Waals surface area contributed by atoms with E-state index in [-0.39, 0.29) is 17.9 Å². The van der Waals surface area contributed by atoms with Gasteiger partial charge in [0, 0.05) is 5.70 Å². The van der Waals surface area contributed by atoms with Crippen LogP contribution in [0.3, 0.4) is 0 Å². The normalized spacial score (nSPS) is 16.6. The number of methoxy groups -OCH3 is 1. The number of aromatic nitrogens is 3. The molecule has 0 spiro atoms. The standard InChI is InChI=1S/C17H21N5O2/c1-10(2)15-14(11(3)20-17-18-9-19-22(15)17)16(23)21-12-7-5-6-8-13(12)24-4/h5-10,15H,1-4H3,(H,21,23)(H,18,19,20)/t15-/m1/s1. The molecule has 2 aromatic rings. The summed E-state index contributed by atoms with van der Waals surface area (Å²) in [6, 6.07) is 7.16. The van der Waals surface area contributed by atoms with Crippen LogP contribution in [0.2, 0.25) is 0 Å². The number of ether oxygens (including phenoxy) is 1. The van der Waals surface area contributed by atoms with Gasteiger partial charge in [-0.3, -0.25) is 4.79 Å². The second kappa shape index (κ2) is 6.35. The molecule has 0 aliphatic carbocycles. The Morgan fingerprint density at radius 2 is 2.12 bits per heavy atom. The smallest absolute Gasteiger partial charge is 0.255 e. The van der Waals surface area contributed by atoms with Crippen LogP contribution >= 0.6 is 0 Å². The van der Waals surface area contributed by atoms with Crippen LogP contribution in [0.25, 0.3) is 0 Å². The van der Waals surface area contributed by atoms with Crippen molar-refractivity contribution in [2.45, 2.75) is 26.8 Å². The van der Waals surface area contributed by atoms with Crippen molar-refractivity contribution >= 4 is 17.5 Å². The fraction of sp³-hybridized carbons (Fsp3) is 0.353. The molecule has 0 unspecified atom stereocenters. The summed E-state index contributed by atoms with van der Waals surface area (Å²) >= 11 is 0. The number of carbonyl (C=O) groups excluding carboxylic acids is 1. The van der Waals surface area contributed by atoms with Crippen LogP contribution in [-0.4, -0.2) is 27.8 Å². The van der Waals surface area contributed by atoms with Gasteiger partial charge in [0.05, 0.1) is 24.4 Å². The Kier molecular flexibility index (Phi) is 4.24.